The second-order valence-corrected chi connectivity index (χ2v) is 14.3. The number of rotatable bonds is 8. The monoisotopic (exact) mass is 650 g/mol. The van der Waals surface area contributed by atoms with Crippen LogP contribution < -0.4 is 20.9 Å². The second-order valence-electron chi connectivity index (χ2n) is 14.3. The SMILES string of the molecule is Cc1ccc(N=C(CC(=N)C(C)(C)C)NC(=O)NC2CCC(Oc3ccc(=N)n(C(=N)CC4CCN(C)CC4)c3)c3ccccc32)cc1. The predicted molar refractivity (Wildman–Crippen MR) is 192 cm³/mol. The van der Waals surface area contributed by atoms with Crippen molar-refractivity contribution in [3.8, 4) is 5.75 Å². The number of urea groups is 1. The number of carbonyl (C=O) groups is 1. The van der Waals surface area contributed by atoms with Crippen molar-refractivity contribution in [2.45, 2.75) is 78.4 Å². The summed E-state index contributed by atoms with van der Waals surface area (Å²) in [6.45, 7) is 10.1. The summed E-state index contributed by atoms with van der Waals surface area (Å²) in [5, 5.41) is 31.9. The van der Waals surface area contributed by atoms with E-state index >= 15 is 0 Å². The number of nitrogens with one attached hydrogen (secondary N) is 5. The number of amides is 2. The quantitative estimate of drug-likeness (QED) is 0.129. The zero-order valence-electron chi connectivity index (χ0n) is 28.9. The van der Waals surface area contributed by atoms with Crippen molar-refractivity contribution in [2.75, 3.05) is 20.1 Å². The Hall–Kier alpha value is -4.57. The van der Waals surface area contributed by atoms with Gasteiger partial charge < -0.3 is 20.4 Å². The van der Waals surface area contributed by atoms with Crippen molar-refractivity contribution in [3.05, 3.63) is 89.0 Å². The van der Waals surface area contributed by atoms with E-state index in [9.17, 15) is 4.79 Å². The lowest BCUT2D eigenvalue weighted by Gasteiger charge is -2.32. The van der Waals surface area contributed by atoms with E-state index in [0.29, 0.717) is 48.3 Å². The molecule has 3 aromatic rings. The molecule has 10 nitrogen and oxygen atoms in total. The molecule has 0 bridgehead atoms. The number of aliphatic imine (C=N–C) groups is 1. The highest BCUT2D eigenvalue weighted by Gasteiger charge is 2.30. The first-order valence-electron chi connectivity index (χ1n) is 16.9. The van der Waals surface area contributed by atoms with Gasteiger partial charge in [0.1, 0.15) is 29.0 Å². The maximum Gasteiger partial charge on any atom is 0.320 e. The molecule has 2 heterocycles. The van der Waals surface area contributed by atoms with E-state index in [1.165, 1.54) is 0 Å². The maximum absolute atomic E-state index is 13.4. The predicted octanol–water partition coefficient (Wildman–Crippen LogP) is 7.27. The summed E-state index contributed by atoms with van der Waals surface area (Å²) in [6, 6.07) is 18.7. The van der Waals surface area contributed by atoms with Gasteiger partial charge in [0.05, 0.1) is 17.9 Å². The molecule has 0 saturated carbocycles. The van der Waals surface area contributed by atoms with Gasteiger partial charge in [0, 0.05) is 18.6 Å². The van der Waals surface area contributed by atoms with E-state index in [1.54, 1.807) is 22.9 Å². The molecule has 1 saturated heterocycles. The van der Waals surface area contributed by atoms with Gasteiger partial charge in [-0.15, -0.1) is 0 Å². The lowest BCUT2D eigenvalue weighted by atomic mass is 9.85. The van der Waals surface area contributed by atoms with Crippen LogP contribution >= 0.6 is 0 Å². The molecular weight excluding hydrogens is 600 g/mol. The molecule has 5 N–H and O–H groups in total. The van der Waals surface area contributed by atoms with E-state index in [4.69, 9.17) is 26.0 Å². The number of aryl methyl sites for hydroxylation is 1. The van der Waals surface area contributed by atoms with Crippen LogP contribution in [0.3, 0.4) is 0 Å². The van der Waals surface area contributed by atoms with Crippen LogP contribution in [-0.4, -0.2) is 53.0 Å². The van der Waals surface area contributed by atoms with Gasteiger partial charge in [-0.3, -0.25) is 20.7 Å². The second kappa shape index (κ2) is 15.1. The zero-order chi connectivity index (χ0) is 34.4. The normalized spacial score (nSPS) is 18.9. The molecule has 1 aliphatic carbocycles. The highest BCUT2D eigenvalue weighted by atomic mass is 16.5. The number of carbonyl (C=O) groups excluding carboxylic acids is 1. The molecule has 0 radical (unpaired) electrons. The number of hydrogen-bond donors (Lipinski definition) is 5. The lowest BCUT2D eigenvalue weighted by Crippen LogP contribution is -2.43. The summed E-state index contributed by atoms with van der Waals surface area (Å²) in [6.07, 6.45) is 5.88. The third-order valence-electron chi connectivity index (χ3n) is 9.36. The topological polar surface area (TPSA) is 142 Å². The summed E-state index contributed by atoms with van der Waals surface area (Å²) in [5.41, 5.74) is 4.23. The molecule has 2 unspecified atom stereocenters. The number of benzene rings is 2. The minimum atomic E-state index is -0.364. The van der Waals surface area contributed by atoms with Crippen molar-refractivity contribution >= 4 is 29.1 Å². The summed E-state index contributed by atoms with van der Waals surface area (Å²) in [4.78, 5) is 20.5. The van der Waals surface area contributed by atoms with E-state index in [-0.39, 0.29) is 35.5 Å². The molecule has 48 heavy (non-hydrogen) atoms. The number of hydrogen-bond acceptors (Lipinski definition) is 7. The first-order valence-corrected chi connectivity index (χ1v) is 16.9. The van der Waals surface area contributed by atoms with E-state index in [1.807, 2.05) is 76.2 Å². The first-order chi connectivity index (χ1) is 22.9. The Morgan fingerprint density at radius 2 is 1.65 bits per heavy atom. The number of piperidine rings is 1. The van der Waals surface area contributed by atoms with Crippen LogP contribution in [0.5, 0.6) is 5.75 Å². The van der Waals surface area contributed by atoms with Crippen molar-refractivity contribution in [2.24, 2.45) is 16.3 Å². The minimum absolute atomic E-state index is 0.230. The van der Waals surface area contributed by atoms with Gasteiger partial charge >= 0.3 is 6.03 Å². The van der Waals surface area contributed by atoms with Crippen molar-refractivity contribution < 1.29 is 9.53 Å². The van der Waals surface area contributed by atoms with Crippen LogP contribution in [-0.2, 0) is 0 Å². The number of ether oxygens (including phenoxy) is 1. The Labute approximate surface area is 284 Å². The zero-order valence-corrected chi connectivity index (χ0v) is 28.9. The van der Waals surface area contributed by atoms with Gasteiger partial charge in [0.2, 0.25) is 0 Å². The molecule has 2 atom stereocenters. The highest BCUT2D eigenvalue weighted by Crippen LogP contribution is 2.38. The molecule has 2 aliphatic rings. The van der Waals surface area contributed by atoms with E-state index in [2.05, 4.69) is 22.6 Å². The van der Waals surface area contributed by atoms with Crippen molar-refractivity contribution in [1.82, 2.24) is 20.1 Å². The fraction of sp³-hybridized carbons (Fsp3) is 0.447. The molecule has 1 aromatic heterocycles. The van der Waals surface area contributed by atoms with Gasteiger partial charge in [-0.05, 0) is 99.5 Å². The number of nitrogens with zero attached hydrogens (tertiary/aromatic N) is 3. The molecule has 5 rings (SSSR count). The van der Waals surface area contributed by atoms with E-state index < -0.39 is 0 Å². The van der Waals surface area contributed by atoms with Crippen LogP contribution in [0.4, 0.5) is 10.5 Å². The Balaban J connectivity index is 1.27. The fourth-order valence-electron chi connectivity index (χ4n) is 6.24. The molecule has 2 amide bonds. The highest BCUT2D eigenvalue weighted by molar-refractivity contribution is 6.09. The molecule has 0 spiro atoms. The number of likely N-dealkylation sites (tertiary alicyclic amines) is 1. The number of fused-ring (bicyclic) bond motifs is 1. The molecule has 1 aliphatic heterocycles. The average molecular weight is 651 g/mol. The van der Waals surface area contributed by atoms with Crippen LogP contribution in [0.1, 0.15) is 88.1 Å². The van der Waals surface area contributed by atoms with Crippen molar-refractivity contribution in [3.63, 3.8) is 0 Å². The van der Waals surface area contributed by atoms with Crippen LogP contribution in [0.2, 0.25) is 0 Å². The number of amidine groups is 1. The van der Waals surface area contributed by atoms with Gasteiger partial charge in [0.15, 0.2) is 0 Å². The molecule has 10 heteroatoms. The summed E-state index contributed by atoms with van der Waals surface area (Å²) < 4.78 is 8.15. The molecular formula is C38H50N8O2. The summed E-state index contributed by atoms with van der Waals surface area (Å²) in [7, 11) is 2.14. The minimum Gasteiger partial charge on any atom is -0.484 e. The Morgan fingerprint density at radius 3 is 2.33 bits per heavy atom. The lowest BCUT2D eigenvalue weighted by molar-refractivity contribution is 0.171. The molecule has 254 valence electrons. The standard InChI is InChI=1S/C38H50N8O2/c1-25-10-12-27(13-11-25)42-36(23-33(39)38(2,3)4)44-37(47)43-31-15-16-32(30-9-7-6-8-29(30)31)48-28-14-17-34(40)46(24-28)35(41)22-26-18-20-45(5)21-19-26/h6-14,17,24,26,31-32,39-41H,15-16,18-23H2,1-5H3,(H2,42,43,44,47). The number of aromatic nitrogens is 1. The van der Waals surface area contributed by atoms with Crippen LogP contribution in [0.25, 0.3) is 0 Å². The average Bonchev–Trinajstić information content (AvgIpc) is 3.04. The van der Waals surface area contributed by atoms with Gasteiger partial charge in [-0.2, -0.15) is 0 Å². The van der Waals surface area contributed by atoms with Gasteiger partial charge in [-0.1, -0.05) is 62.7 Å². The van der Waals surface area contributed by atoms with Gasteiger partial charge in [0.25, 0.3) is 0 Å². The largest absolute Gasteiger partial charge is 0.484 e. The van der Waals surface area contributed by atoms with Crippen LogP contribution in [0, 0.1) is 34.5 Å². The number of pyridine rings is 1. The Bertz CT molecular complexity index is 1710. The van der Waals surface area contributed by atoms with E-state index in [0.717, 1.165) is 48.3 Å². The van der Waals surface area contributed by atoms with Gasteiger partial charge in [-0.25, -0.2) is 9.79 Å². The summed E-state index contributed by atoms with van der Waals surface area (Å²) in [5.74, 6) is 1.91. The van der Waals surface area contributed by atoms with Crippen molar-refractivity contribution in [1.29, 1.82) is 16.2 Å². The third kappa shape index (κ3) is 9.07. The smallest absolute Gasteiger partial charge is 0.320 e. The Kier molecular flexibility index (Phi) is 10.9. The molecule has 2 aromatic carbocycles. The maximum atomic E-state index is 13.4. The molecule has 1 fully saturated rings. The van der Waals surface area contributed by atoms with Crippen LogP contribution in [0.15, 0.2) is 71.9 Å². The fourth-order valence-corrected chi connectivity index (χ4v) is 6.24. The first kappa shape index (κ1) is 34.8. The Morgan fingerprint density at radius 1 is 0.958 bits per heavy atom. The third-order valence-corrected chi connectivity index (χ3v) is 9.36. The summed E-state index contributed by atoms with van der Waals surface area (Å²) >= 11 is 0.